The predicted octanol–water partition coefficient (Wildman–Crippen LogP) is 0.755. The molecule has 2 aliphatic heterocycles. The number of aliphatic hydroxyl groups excluding tert-OH is 1. The van der Waals surface area contributed by atoms with E-state index in [1.165, 1.54) is 0 Å². The van der Waals surface area contributed by atoms with Crippen LogP contribution in [0.1, 0.15) is 10.4 Å². The molecule has 2 unspecified atom stereocenters. The van der Waals surface area contributed by atoms with Crippen LogP contribution in [0.4, 0.5) is 0 Å². The van der Waals surface area contributed by atoms with Crippen LogP contribution in [0.25, 0.3) is 10.8 Å². The van der Waals surface area contributed by atoms with Crippen molar-refractivity contribution in [2.75, 3.05) is 37.7 Å². The summed E-state index contributed by atoms with van der Waals surface area (Å²) in [7, 11) is -3.19. The van der Waals surface area contributed by atoms with Crippen LogP contribution in [0, 0.1) is 0 Å². The van der Waals surface area contributed by atoms with Crippen molar-refractivity contribution >= 4 is 26.5 Å². The topological polar surface area (TPSA) is 77.9 Å². The molecule has 0 aromatic heterocycles. The standard InChI is InChI=1S/C19H22N2O4S/c22-11-10-20-8-9-21(18-13-26(24,25)12-17(18)20)19(23)16-7-3-5-14-4-1-2-6-15(14)16/h1-7,17-18,22H,8-13H2. The third kappa shape index (κ3) is 3.00. The zero-order valence-electron chi connectivity index (χ0n) is 14.4. The van der Waals surface area contributed by atoms with Crippen LogP contribution in [-0.2, 0) is 9.84 Å². The Morgan fingerprint density at radius 1 is 1.04 bits per heavy atom. The molecule has 26 heavy (non-hydrogen) atoms. The van der Waals surface area contributed by atoms with E-state index in [1.54, 1.807) is 4.90 Å². The van der Waals surface area contributed by atoms with Gasteiger partial charge in [-0.3, -0.25) is 9.69 Å². The maximum absolute atomic E-state index is 13.3. The van der Waals surface area contributed by atoms with Gasteiger partial charge in [0, 0.05) is 31.2 Å². The SMILES string of the molecule is O=C(c1cccc2ccccc12)N1CCN(CCO)C2CS(=O)(=O)CC21. The maximum Gasteiger partial charge on any atom is 0.254 e. The molecule has 0 radical (unpaired) electrons. The average molecular weight is 374 g/mol. The van der Waals surface area contributed by atoms with E-state index in [0.717, 1.165) is 10.8 Å². The lowest BCUT2D eigenvalue weighted by molar-refractivity contribution is 0.0283. The number of sulfone groups is 1. The molecule has 4 rings (SSSR count). The van der Waals surface area contributed by atoms with Gasteiger partial charge in [-0.2, -0.15) is 0 Å². The van der Waals surface area contributed by atoms with Gasteiger partial charge in [-0.15, -0.1) is 0 Å². The Morgan fingerprint density at radius 3 is 2.58 bits per heavy atom. The largest absolute Gasteiger partial charge is 0.395 e. The quantitative estimate of drug-likeness (QED) is 0.858. The summed E-state index contributed by atoms with van der Waals surface area (Å²) in [5.74, 6) is -0.0647. The number of nitrogens with zero attached hydrogens (tertiary/aromatic N) is 2. The van der Waals surface area contributed by atoms with Gasteiger partial charge in [0.15, 0.2) is 9.84 Å². The summed E-state index contributed by atoms with van der Waals surface area (Å²) >= 11 is 0. The molecule has 2 atom stereocenters. The Bertz CT molecular complexity index is 938. The van der Waals surface area contributed by atoms with Crippen molar-refractivity contribution in [3.63, 3.8) is 0 Å². The molecular formula is C19H22N2O4S. The van der Waals surface area contributed by atoms with Gasteiger partial charge in [-0.1, -0.05) is 36.4 Å². The van der Waals surface area contributed by atoms with Crippen molar-refractivity contribution in [3.8, 4) is 0 Å². The van der Waals surface area contributed by atoms with Gasteiger partial charge in [-0.05, 0) is 16.8 Å². The molecular weight excluding hydrogens is 352 g/mol. The Hall–Kier alpha value is -1.96. The van der Waals surface area contributed by atoms with E-state index in [1.807, 2.05) is 47.4 Å². The van der Waals surface area contributed by atoms with E-state index in [-0.39, 0.29) is 36.1 Å². The smallest absolute Gasteiger partial charge is 0.254 e. The van der Waals surface area contributed by atoms with Crippen LogP contribution in [-0.4, -0.2) is 79.1 Å². The fourth-order valence-corrected chi connectivity index (χ4v) is 6.26. The van der Waals surface area contributed by atoms with Gasteiger partial charge in [0.2, 0.25) is 0 Å². The summed E-state index contributed by atoms with van der Waals surface area (Å²) in [4.78, 5) is 17.0. The minimum atomic E-state index is -3.19. The summed E-state index contributed by atoms with van der Waals surface area (Å²) in [5.41, 5.74) is 0.613. The van der Waals surface area contributed by atoms with Crippen molar-refractivity contribution in [1.82, 2.24) is 9.80 Å². The van der Waals surface area contributed by atoms with Gasteiger partial charge in [0.25, 0.3) is 5.91 Å². The molecule has 2 fully saturated rings. The number of benzene rings is 2. The number of hydrogen-bond donors (Lipinski definition) is 1. The highest BCUT2D eigenvalue weighted by Crippen LogP contribution is 2.29. The van der Waals surface area contributed by atoms with Crippen molar-refractivity contribution in [2.45, 2.75) is 12.1 Å². The van der Waals surface area contributed by atoms with E-state index < -0.39 is 9.84 Å². The van der Waals surface area contributed by atoms with Crippen molar-refractivity contribution in [3.05, 3.63) is 48.0 Å². The molecule has 0 spiro atoms. The van der Waals surface area contributed by atoms with Gasteiger partial charge in [0.1, 0.15) is 0 Å². The lowest BCUT2D eigenvalue weighted by Crippen LogP contribution is -2.61. The first-order valence-corrected chi connectivity index (χ1v) is 10.7. The Balaban J connectivity index is 1.70. The first-order chi connectivity index (χ1) is 12.5. The second-order valence-electron chi connectivity index (χ2n) is 7.00. The average Bonchev–Trinajstić information content (AvgIpc) is 2.96. The van der Waals surface area contributed by atoms with Crippen LogP contribution in [0.3, 0.4) is 0 Å². The van der Waals surface area contributed by atoms with Crippen LogP contribution in [0.2, 0.25) is 0 Å². The van der Waals surface area contributed by atoms with Gasteiger partial charge >= 0.3 is 0 Å². The van der Waals surface area contributed by atoms with Crippen LogP contribution < -0.4 is 0 Å². The number of rotatable bonds is 3. The number of carbonyl (C=O) groups excluding carboxylic acids is 1. The van der Waals surface area contributed by atoms with E-state index in [9.17, 15) is 18.3 Å². The fraction of sp³-hybridized carbons (Fsp3) is 0.421. The molecule has 2 heterocycles. The number of fused-ring (bicyclic) bond motifs is 2. The molecule has 1 N–H and O–H groups in total. The van der Waals surface area contributed by atoms with Crippen molar-refractivity contribution in [2.24, 2.45) is 0 Å². The monoisotopic (exact) mass is 374 g/mol. The molecule has 2 aromatic carbocycles. The van der Waals surface area contributed by atoms with Crippen LogP contribution in [0.5, 0.6) is 0 Å². The summed E-state index contributed by atoms with van der Waals surface area (Å²) in [6.07, 6.45) is 0. The predicted molar refractivity (Wildman–Crippen MR) is 99.9 cm³/mol. The molecule has 1 amide bonds. The highest BCUT2D eigenvalue weighted by Gasteiger charge is 2.48. The van der Waals surface area contributed by atoms with Gasteiger partial charge in [-0.25, -0.2) is 8.42 Å². The Morgan fingerprint density at radius 2 is 1.77 bits per heavy atom. The number of amides is 1. The summed E-state index contributed by atoms with van der Waals surface area (Å²) in [5, 5.41) is 11.1. The third-order valence-corrected chi connectivity index (χ3v) is 7.16. The lowest BCUT2D eigenvalue weighted by Gasteiger charge is -2.43. The first-order valence-electron chi connectivity index (χ1n) is 8.84. The lowest BCUT2D eigenvalue weighted by atomic mass is 10.00. The summed E-state index contributed by atoms with van der Waals surface area (Å²) < 4.78 is 24.5. The zero-order chi connectivity index (χ0) is 18.3. The summed E-state index contributed by atoms with van der Waals surface area (Å²) in [6, 6.07) is 12.8. The zero-order valence-corrected chi connectivity index (χ0v) is 15.2. The molecule has 2 aliphatic rings. The minimum Gasteiger partial charge on any atom is -0.395 e. The Labute approximate surface area is 152 Å². The maximum atomic E-state index is 13.3. The molecule has 2 aromatic rings. The van der Waals surface area contributed by atoms with Crippen LogP contribution >= 0.6 is 0 Å². The number of β-amino-alcohol motifs (C(OH)–C–C–N with tert-alkyl or cyclic N) is 1. The summed E-state index contributed by atoms with van der Waals surface area (Å²) in [6.45, 7) is 1.47. The highest BCUT2D eigenvalue weighted by molar-refractivity contribution is 7.91. The minimum absolute atomic E-state index is 0.00387. The molecule has 7 heteroatoms. The number of aliphatic hydroxyl groups is 1. The van der Waals surface area contributed by atoms with Gasteiger partial charge < -0.3 is 10.0 Å². The Kier molecular flexibility index (Phi) is 4.46. The van der Waals surface area contributed by atoms with E-state index >= 15 is 0 Å². The second-order valence-corrected chi connectivity index (χ2v) is 9.15. The normalized spacial score (nSPS) is 25.3. The number of hydrogen-bond acceptors (Lipinski definition) is 5. The van der Waals surface area contributed by atoms with E-state index in [2.05, 4.69) is 0 Å². The van der Waals surface area contributed by atoms with Crippen LogP contribution in [0.15, 0.2) is 42.5 Å². The molecule has 138 valence electrons. The first kappa shape index (κ1) is 17.5. The van der Waals surface area contributed by atoms with Gasteiger partial charge in [0.05, 0.1) is 24.2 Å². The second kappa shape index (κ2) is 6.64. The van der Waals surface area contributed by atoms with E-state index in [0.29, 0.717) is 25.2 Å². The molecule has 0 saturated carbocycles. The van der Waals surface area contributed by atoms with Crippen molar-refractivity contribution in [1.29, 1.82) is 0 Å². The molecule has 0 aliphatic carbocycles. The van der Waals surface area contributed by atoms with Crippen molar-refractivity contribution < 1.29 is 18.3 Å². The highest BCUT2D eigenvalue weighted by atomic mass is 32.2. The number of carbonyl (C=O) groups is 1. The molecule has 6 nitrogen and oxygen atoms in total. The molecule has 0 bridgehead atoms. The molecule has 2 saturated heterocycles. The van der Waals surface area contributed by atoms with E-state index in [4.69, 9.17) is 0 Å². The number of piperazine rings is 1. The fourth-order valence-electron chi connectivity index (χ4n) is 4.25. The third-order valence-electron chi connectivity index (χ3n) is 5.46.